The third-order valence-electron chi connectivity index (χ3n) is 3.51. The Morgan fingerprint density at radius 2 is 1.48 bits per heavy atom. The standard InChI is InChI=1S/C17H13Cl3F2N2O2S/c1-23(10-6-8-11(9-7-10)27-17(18,19)20)16(26)24(2)15(25)14-12(21)4-3-5-13(14)22/h3-9H,1-2H3. The molecule has 0 aromatic heterocycles. The number of hydrogen-bond acceptors (Lipinski definition) is 3. The van der Waals surface area contributed by atoms with Gasteiger partial charge in [0.2, 0.25) is 3.12 Å². The second-order valence-electron chi connectivity index (χ2n) is 5.34. The van der Waals surface area contributed by atoms with Gasteiger partial charge in [-0.3, -0.25) is 14.6 Å². The number of halogens is 5. The molecule has 0 aliphatic heterocycles. The highest BCUT2D eigenvalue weighted by Crippen LogP contribution is 2.43. The number of rotatable bonds is 3. The second kappa shape index (κ2) is 8.65. The van der Waals surface area contributed by atoms with Gasteiger partial charge >= 0.3 is 6.03 Å². The zero-order valence-corrected chi connectivity index (χ0v) is 17.1. The first-order valence-electron chi connectivity index (χ1n) is 7.37. The van der Waals surface area contributed by atoms with Gasteiger partial charge in [-0.15, -0.1) is 0 Å². The van der Waals surface area contributed by atoms with E-state index >= 15 is 0 Å². The lowest BCUT2D eigenvalue weighted by atomic mass is 10.1. The van der Waals surface area contributed by atoms with E-state index in [1.807, 2.05) is 0 Å². The number of amides is 3. The van der Waals surface area contributed by atoms with Crippen LogP contribution in [0.25, 0.3) is 0 Å². The summed E-state index contributed by atoms with van der Waals surface area (Å²) in [6.45, 7) is 0. The molecule has 2 aromatic carbocycles. The highest BCUT2D eigenvalue weighted by Gasteiger charge is 2.27. The molecule has 0 aliphatic carbocycles. The molecule has 0 fully saturated rings. The van der Waals surface area contributed by atoms with Crippen molar-refractivity contribution in [1.82, 2.24) is 4.90 Å². The summed E-state index contributed by atoms with van der Waals surface area (Å²) in [5.41, 5.74) is -0.363. The van der Waals surface area contributed by atoms with Crippen LogP contribution >= 0.6 is 46.6 Å². The van der Waals surface area contributed by atoms with Gasteiger partial charge < -0.3 is 0 Å². The minimum atomic E-state index is -1.53. The van der Waals surface area contributed by atoms with Crippen LogP contribution in [0, 0.1) is 11.6 Å². The fourth-order valence-electron chi connectivity index (χ4n) is 2.16. The zero-order chi connectivity index (χ0) is 20.4. The zero-order valence-electron chi connectivity index (χ0n) is 14.1. The second-order valence-corrected chi connectivity index (χ2v) is 9.59. The molecule has 144 valence electrons. The van der Waals surface area contributed by atoms with Crippen molar-refractivity contribution in [2.24, 2.45) is 0 Å². The van der Waals surface area contributed by atoms with E-state index in [2.05, 4.69) is 0 Å². The summed E-state index contributed by atoms with van der Waals surface area (Å²) in [7, 11) is 2.56. The van der Waals surface area contributed by atoms with Crippen LogP contribution in [0.15, 0.2) is 47.4 Å². The molecule has 4 nitrogen and oxygen atoms in total. The van der Waals surface area contributed by atoms with Gasteiger partial charge in [-0.1, -0.05) is 52.6 Å². The molecule has 2 rings (SSSR count). The summed E-state index contributed by atoms with van der Waals surface area (Å²) in [5.74, 6) is -3.18. The van der Waals surface area contributed by atoms with Gasteiger partial charge in [0, 0.05) is 24.7 Å². The lowest BCUT2D eigenvalue weighted by Crippen LogP contribution is -2.42. The van der Waals surface area contributed by atoms with Crippen LogP contribution in [0.3, 0.4) is 0 Å². The average molecular weight is 454 g/mol. The van der Waals surface area contributed by atoms with Crippen molar-refractivity contribution in [2.75, 3.05) is 19.0 Å². The summed E-state index contributed by atoms with van der Waals surface area (Å²) < 4.78 is 26.0. The topological polar surface area (TPSA) is 40.6 Å². The molecule has 0 bridgehead atoms. The lowest BCUT2D eigenvalue weighted by molar-refractivity contribution is 0.0827. The average Bonchev–Trinajstić information content (AvgIpc) is 2.58. The Morgan fingerprint density at radius 3 is 1.96 bits per heavy atom. The van der Waals surface area contributed by atoms with Crippen LogP contribution in [-0.4, -0.2) is 34.1 Å². The van der Waals surface area contributed by atoms with E-state index in [0.29, 0.717) is 15.5 Å². The van der Waals surface area contributed by atoms with Crippen LogP contribution in [0.4, 0.5) is 19.3 Å². The summed E-state index contributed by atoms with van der Waals surface area (Å²) in [4.78, 5) is 27.3. The van der Waals surface area contributed by atoms with Crippen molar-refractivity contribution in [3.05, 3.63) is 59.7 Å². The Hall–Kier alpha value is -1.54. The highest BCUT2D eigenvalue weighted by molar-refractivity contribution is 8.04. The molecule has 3 amide bonds. The third kappa shape index (κ3) is 5.48. The van der Waals surface area contributed by atoms with E-state index in [1.165, 1.54) is 7.05 Å². The van der Waals surface area contributed by atoms with Crippen molar-refractivity contribution in [1.29, 1.82) is 0 Å². The minimum absolute atomic E-state index is 0.433. The van der Waals surface area contributed by atoms with E-state index < -0.39 is 32.3 Å². The highest BCUT2D eigenvalue weighted by atomic mass is 35.6. The normalized spacial score (nSPS) is 11.2. The summed E-state index contributed by atoms with van der Waals surface area (Å²) in [6.07, 6.45) is 0. The molecule has 0 atom stereocenters. The molecule has 0 heterocycles. The van der Waals surface area contributed by atoms with Crippen LogP contribution in [0.5, 0.6) is 0 Å². The molecule has 0 radical (unpaired) electrons. The van der Waals surface area contributed by atoms with E-state index in [1.54, 1.807) is 24.3 Å². The van der Waals surface area contributed by atoms with Crippen molar-refractivity contribution in [3.63, 3.8) is 0 Å². The van der Waals surface area contributed by atoms with Gasteiger partial charge in [-0.2, -0.15) is 0 Å². The van der Waals surface area contributed by atoms with Gasteiger partial charge in [0.1, 0.15) is 17.2 Å². The number of imide groups is 1. The molecule has 0 saturated carbocycles. The number of thioether (sulfide) groups is 1. The first-order chi connectivity index (χ1) is 12.5. The number of carbonyl (C=O) groups excluding carboxylic acids is 2. The Balaban J connectivity index is 2.17. The predicted molar refractivity (Wildman–Crippen MR) is 105 cm³/mol. The Labute approximate surface area is 174 Å². The monoisotopic (exact) mass is 452 g/mol. The van der Waals surface area contributed by atoms with Gasteiger partial charge in [0.15, 0.2) is 0 Å². The largest absolute Gasteiger partial charge is 0.330 e. The third-order valence-corrected chi connectivity index (χ3v) is 4.95. The molecular weight excluding hydrogens is 441 g/mol. The maximum absolute atomic E-state index is 13.8. The number of hydrogen-bond donors (Lipinski definition) is 0. The van der Waals surface area contributed by atoms with E-state index in [4.69, 9.17) is 34.8 Å². The number of alkyl halides is 3. The molecule has 2 aromatic rings. The first kappa shape index (κ1) is 21.8. The van der Waals surface area contributed by atoms with Gasteiger partial charge in [0.05, 0.1) is 0 Å². The Bertz CT molecular complexity index is 840. The van der Waals surface area contributed by atoms with Gasteiger partial charge in [0.25, 0.3) is 5.91 Å². The molecule has 10 heteroatoms. The summed E-state index contributed by atoms with van der Waals surface area (Å²) >= 11 is 18.1. The number of carbonyl (C=O) groups is 2. The van der Waals surface area contributed by atoms with Gasteiger partial charge in [-0.25, -0.2) is 13.6 Å². The molecule has 0 spiro atoms. The van der Waals surface area contributed by atoms with Crippen LogP contribution < -0.4 is 4.90 Å². The van der Waals surface area contributed by atoms with Gasteiger partial charge in [-0.05, 0) is 36.4 Å². The Morgan fingerprint density at radius 1 is 0.963 bits per heavy atom. The number of urea groups is 1. The SMILES string of the molecule is CN(C(=O)c1c(F)cccc1F)C(=O)N(C)c1ccc(SC(Cl)(Cl)Cl)cc1. The summed E-state index contributed by atoms with van der Waals surface area (Å²) in [5, 5.41) is 0. The smallest absolute Gasteiger partial charge is 0.297 e. The molecule has 0 N–H and O–H groups in total. The van der Waals surface area contributed by atoms with Crippen LogP contribution in [0.2, 0.25) is 0 Å². The molecule has 0 aliphatic rings. The maximum atomic E-state index is 13.8. The maximum Gasteiger partial charge on any atom is 0.330 e. The molecule has 27 heavy (non-hydrogen) atoms. The van der Waals surface area contributed by atoms with E-state index in [9.17, 15) is 18.4 Å². The van der Waals surface area contributed by atoms with Crippen LogP contribution in [0.1, 0.15) is 10.4 Å². The minimum Gasteiger partial charge on any atom is -0.297 e. The van der Waals surface area contributed by atoms with E-state index in [0.717, 1.165) is 41.9 Å². The first-order valence-corrected chi connectivity index (χ1v) is 9.32. The van der Waals surface area contributed by atoms with E-state index in [-0.39, 0.29) is 0 Å². The molecule has 0 saturated heterocycles. The number of nitrogens with zero attached hydrogens (tertiary/aromatic N) is 2. The molecular formula is C17H13Cl3F2N2O2S. The lowest BCUT2D eigenvalue weighted by Gasteiger charge is -2.24. The van der Waals surface area contributed by atoms with Crippen molar-refractivity contribution < 1.29 is 18.4 Å². The Kier molecular flexibility index (Phi) is 6.97. The quantitative estimate of drug-likeness (QED) is 0.441. The predicted octanol–water partition coefficient (Wildman–Crippen LogP) is 5.71. The number of anilines is 1. The summed E-state index contributed by atoms with van der Waals surface area (Å²) in [6, 6.07) is 8.67. The van der Waals surface area contributed by atoms with Crippen LogP contribution in [-0.2, 0) is 0 Å². The van der Waals surface area contributed by atoms with Crippen molar-refractivity contribution in [3.8, 4) is 0 Å². The fourth-order valence-corrected chi connectivity index (χ4v) is 3.50. The fraction of sp³-hybridized carbons (Fsp3) is 0.176. The van der Waals surface area contributed by atoms with Crippen molar-refractivity contribution >= 4 is 64.2 Å². The number of benzene rings is 2. The van der Waals surface area contributed by atoms with Crippen molar-refractivity contribution in [2.45, 2.75) is 8.02 Å². The molecule has 0 unspecified atom stereocenters.